The van der Waals surface area contributed by atoms with Gasteiger partial charge in [0.25, 0.3) is 6.71 Å². The molecule has 1 saturated carbocycles. The lowest BCUT2D eigenvalue weighted by atomic mass is 9.35. The number of benzene rings is 7. The van der Waals surface area contributed by atoms with Gasteiger partial charge in [0.05, 0.1) is 11.4 Å². The van der Waals surface area contributed by atoms with E-state index in [1.54, 1.807) is 11.1 Å². The van der Waals surface area contributed by atoms with Crippen LogP contribution in [0.15, 0.2) is 146 Å². The summed E-state index contributed by atoms with van der Waals surface area (Å²) in [6.45, 7) is 29.1. The molecule has 6 aliphatic rings. The van der Waals surface area contributed by atoms with Crippen LogP contribution in [0.1, 0.15) is 155 Å². The van der Waals surface area contributed by atoms with Crippen molar-refractivity contribution in [2.75, 3.05) is 14.7 Å². The Kier molecular flexibility index (Phi) is 10.1. The Hall–Kier alpha value is -6.04. The molecule has 0 radical (unpaired) electrons. The van der Waals surface area contributed by atoms with Gasteiger partial charge in [-0.2, -0.15) is 0 Å². The smallest absolute Gasteiger partial charge is 0.264 e. The Morgan fingerprint density at radius 1 is 0.466 bits per heavy atom. The quantitative estimate of drug-likeness (QED) is 0.159. The first-order valence-corrected chi connectivity index (χ1v) is 28.2. The Balaban J connectivity index is 1.19. The Labute approximate surface area is 440 Å². The summed E-state index contributed by atoms with van der Waals surface area (Å²) in [5.41, 5.74) is 23.2. The van der Waals surface area contributed by atoms with Gasteiger partial charge in [-0.25, -0.2) is 0 Å². The average molecular weight is 974 g/mol. The molecule has 0 N–H and O–H groups in total. The molecule has 14 rings (SSSR count). The Morgan fingerprint density at radius 3 is 1.44 bits per heavy atom. The SMILES string of the molecule is CC(C)(C)c1ccc(N2c3cc4c(cc3B3c5sc6cc7c(cc6c5N(c5ccc(C(C)(C)C)cc5)c5cc(N(c6ccccc6)c6ccccc6)cc2c53)C2(C)CCC7(C)CC2)C(C)(C)CCC4(C)C)cc1. The molecule has 2 bridgehead atoms. The van der Waals surface area contributed by atoms with Crippen LogP contribution in [-0.2, 0) is 32.5 Å². The van der Waals surface area contributed by atoms with Gasteiger partial charge in [0.2, 0.25) is 0 Å². The van der Waals surface area contributed by atoms with E-state index in [-0.39, 0.29) is 39.2 Å². The van der Waals surface area contributed by atoms with E-state index in [9.17, 15) is 0 Å². The fourth-order valence-corrected chi connectivity index (χ4v) is 15.3. The fraction of sp³-hybridized carbons (Fsp3) is 0.353. The van der Waals surface area contributed by atoms with Crippen molar-refractivity contribution in [2.24, 2.45) is 0 Å². The van der Waals surface area contributed by atoms with Gasteiger partial charge >= 0.3 is 0 Å². The van der Waals surface area contributed by atoms with Gasteiger partial charge in [-0.1, -0.05) is 150 Å². The number of para-hydroxylation sites is 2. The van der Waals surface area contributed by atoms with Crippen molar-refractivity contribution >= 4 is 95.0 Å². The van der Waals surface area contributed by atoms with E-state index in [4.69, 9.17) is 0 Å². The zero-order chi connectivity index (χ0) is 50.8. The van der Waals surface area contributed by atoms with Gasteiger partial charge in [0.1, 0.15) is 0 Å². The largest absolute Gasteiger partial charge is 0.311 e. The van der Waals surface area contributed by atoms with E-state index in [2.05, 4.69) is 255 Å². The molecule has 5 heteroatoms. The van der Waals surface area contributed by atoms with Crippen LogP contribution in [0.3, 0.4) is 0 Å². The van der Waals surface area contributed by atoms with E-state index in [0.717, 1.165) is 23.5 Å². The van der Waals surface area contributed by atoms with Crippen LogP contribution < -0.4 is 30.4 Å². The lowest BCUT2D eigenvalue weighted by Crippen LogP contribution is -2.61. The molecule has 0 saturated heterocycles. The summed E-state index contributed by atoms with van der Waals surface area (Å²) in [5.74, 6) is 0. The van der Waals surface area contributed by atoms with Gasteiger partial charge < -0.3 is 14.7 Å². The lowest BCUT2D eigenvalue weighted by Gasteiger charge is -2.52. The van der Waals surface area contributed by atoms with Crippen molar-refractivity contribution in [3.63, 3.8) is 0 Å². The zero-order valence-electron chi connectivity index (χ0n) is 45.4. The van der Waals surface area contributed by atoms with Gasteiger partial charge in [0.15, 0.2) is 0 Å². The first-order valence-electron chi connectivity index (χ1n) is 27.3. The number of hydrogen-bond acceptors (Lipinski definition) is 4. The maximum atomic E-state index is 2.71. The second-order valence-electron chi connectivity index (χ2n) is 26.7. The van der Waals surface area contributed by atoms with Crippen LogP contribution in [0, 0.1) is 0 Å². The second kappa shape index (κ2) is 15.7. The van der Waals surface area contributed by atoms with Gasteiger partial charge in [0, 0.05) is 54.7 Å². The topological polar surface area (TPSA) is 9.72 Å². The number of rotatable bonds is 5. The van der Waals surface area contributed by atoms with Crippen molar-refractivity contribution in [1.82, 2.24) is 0 Å². The zero-order valence-corrected chi connectivity index (χ0v) is 46.2. The van der Waals surface area contributed by atoms with E-state index < -0.39 is 0 Å². The third-order valence-electron chi connectivity index (χ3n) is 18.8. The summed E-state index contributed by atoms with van der Waals surface area (Å²) >= 11 is 2.08. The Bertz CT molecular complexity index is 3470. The highest BCUT2D eigenvalue weighted by atomic mass is 32.1. The van der Waals surface area contributed by atoms with Gasteiger partial charge in [-0.15, -0.1) is 11.3 Å². The number of hydrogen-bond donors (Lipinski definition) is 0. The van der Waals surface area contributed by atoms with Gasteiger partial charge in [-0.3, -0.25) is 0 Å². The predicted molar refractivity (Wildman–Crippen MR) is 316 cm³/mol. The molecule has 7 aromatic carbocycles. The van der Waals surface area contributed by atoms with E-state index in [1.807, 2.05) is 0 Å². The molecule has 1 aromatic heterocycles. The normalized spacial score (nSPS) is 21.1. The minimum atomic E-state index is 0.0182. The number of fused-ring (bicyclic) bond motifs is 9. The van der Waals surface area contributed by atoms with Crippen LogP contribution in [0.25, 0.3) is 10.1 Å². The first-order chi connectivity index (χ1) is 34.6. The van der Waals surface area contributed by atoms with Crippen LogP contribution in [0.4, 0.5) is 51.2 Å². The first kappa shape index (κ1) is 46.7. The second-order valence-corrected chi connectivity index (χ2v) is 27.7. The third-order valence-corrected chi connectivity index (χ3v) is 20.0. The van der Waals surface area contributed by atoms with Crippen LogP contribution in [0.2, 0.25) is 0 Å². The Morgan fingerprint density at radius 2 is 0.932 bits per heavy atom. The van der Waals surface area contributed by atoms with Crippen molar-refractivity contribution < 1.29 is 0 Å². The van der Waals surface area contributed by atoms with Crippen molar-refractivity contribution in [3.8, 4) is 0 Å². The number of nitrogens with zero attached hydrogens (tertiary/aromatic N) is 3. The minimum Gasteiger partial charge on any atom is -0.311 e. The molecule has 4 aliphatic carbocycles. The molecular weight excluding hydrogens is 902 g/mol. The molecule has 3 nitrogen and oxygen atoms in total. The van der Waals surface area contributed by atoms with Crippen molar-refractivity contribution in [2.45, 2.75) is 154 Å². The molecule has 0 unspecified atom stereocenters. The third kappa shape index (κ3) is 7.10. The maximum Gasteiger partial charge on any atom is 0.264 e. The van der Waals surface area contributed by atoms with Crippen molar-refractivity contribution in [3.05, 3.63) is 179 Å². The maximum absolute atomic E-state index is 2.71. The highest BCUT2D eigenvalue weighted by Crippen LogP contribution is 2.59. The van der Waals surface area contributed by atoms with Gasteiger partial charge in [-0.05, 0) is 194 Å². The summed E-state index contributed by atoms with van der Waals surface area (Å²) in [4.78, 5) is 7.86. The summed E-state index contributed by atoms with van der Waals surface area (Å²) in [6, 6.07) is 57.1. The van der Waals surface area contributed by atoms with Crippen LogP contribution >= 0.6 is 11.3 Å². The summed E-state index contributed by atoms with van der Waals surface area (Å²) in [7, 11) is 0. The van der Waals surface area contributed by atoms with E-state index in [1.165, 1.54) is 114 Å². The molecule has 2 aliphatic heterocycles. The van der Waals surface area contributed by atoms with E-state index in [0.29, 0.717) is 0 Å². The summed E-state index contributed by atoms with van der Waals surface area (Å²) in [6.07, 6.45) is 7.40. The molecule has 0 amide bonds. The van der Waals surface area contributed by atoms with E-state index >= 15 is 0 Å². The highest BCUT2D eigenvalue weighted by Gasteiger charge is 2.51. The summed E-state index contributed by atoms with van der Waals surface area (Å²) in [5, 5.41) is 1.40. The number of thiophene rings is 1. The molecule has 0 spiro atoms. The molecule has 1 fully saturated rings. The lowest BCUT2D eigenvalue weighted by molar-refractivity contribution is 0.188. The molecule has 368 valence electrons. The highest BCUT2D eigenvalue weighted by molar-refractivity contribution is 7.33. The molecule has 8 aromatic rings. The number of anilines is 9. The minimum absolute atomic E-state index is 0.0182. The predicted octanol–water partition coefficient (Wildman–Crippen LogP) is 17.5. The fourth-order valence-electron chi connectivity index (χ4n) is 14.0. The average Bonchev–Trinajstić information content (AvgIpc) is 3.74. The standard InChI is InChI=1S/C68H72BN3S/c1-63(2,3)43-23-27-47(28-24-43)71-56-41-52-51(65(7,8)31-32-66(52,9)10)40-55(56)69-60-57(71)37-49(70(45-19-15-13-16-20-45)46-21-17-14-18-22-46)38-58(60)72(48-29-25-44(26-30-48)64(4,5)6)61-50-39-53-54(42-59(50)73-62(61)69)68(12)35-33-67(53,11)34-36-68/h13-30,37-42H,31-36H2,1-12H3. The van der Waals surface area contributed by atoms with Crippen molar-refractivity contribution in [1.29, 1.82) is 0 Å². The summed E-state index contributed by atoms with van der Waals surface area (Å²) < 4.78 is 2.88. The monoisotopic (exact) mass is 974 g/mol. The van der Waals surface area contributed by atoms with Crippen LogP contribution in [-0.4, -0.2) is 6.71 Å². The molecule has 0 atom stereocenters. The van der Waals surface area contributed by atoms with Crippen LogP contribution in [0.5, 0.6) is 0 Å². The molecule has 73 heavy (non-hydrogen) atoms. The molecule has 3 heterocycles. The molecular formula is C68H72BN3S.